The van der Waals surface area contributed by atoms with Crippen LogP contribution in [-0.4, -0.2) is 19.7 Å². The third-order valence-corrected chi connectivity index (χ3v) is 2.03. The zero-order valence-corrected chi connectivity index (χ0v) is 8.82. The molecule has 1 aromatic rings. The second kappa shape index (κ2) is 6.03. The number of methoxy groups -OCH3 is 1. The Hall–Kier alpha value is -1.55. The van der Waals surface area contributed by atoms with Crippen LogP contribution < -0.4 is 11.1 Å². The molecule has 0 saturated heterocycles. The van der Waals surface area contributed by atoms with Crippen LogP contribution in [0.5, 0.6) is 0 Å². The number of amides is 1. The van der Waals surface area contributed by atoms with Crippen LogP contribution in [0.15, 0.2) is 24.3 Å². The zero-order valence-electron chi connectivity index (χ0n) is 8.82. The van der Waals surface area contributed by atoms with Crippen LogP contribution in [0.2, 0.25) is 0 Å². The molecule has 4 heteroatoms. The molecular formula is C11H16N2O2. The highest BCUT2D eigenvalue weighted by molar-refractivity contribution is 5.84. The summed E-state index contributed by atoms with van der Waals surface area (Å²) in [5.74, 6) is 0. The van der Waals surface area contributed by atoms with Crippen LogP contribution in [0.25, 0.3) is 0 Å². The molecule has 1 amide bonds. The summed E-state index contributed by atoms with van der Waals surface area (Å²) in [6.45, 7) is 0.675. The predicted octanol–water partition coefficient (Wildman–Crippen LogP) is 1.76. The normalized spacial score (nSPS) is 9.73. The first kappa shape index (κ1) is 11.5. The lowest BCUT2D eigenvalue weighted by Gasteiger charge is -2.05. The Labute approximate surface area is 89.4 Å². The minimum atomic E-state index is -0.453. The molecule has 82 valence electrons. The van der Waals surface area contributed by atoms with Crippen molar-refractivity contribution in [1.82, 2.24) is 0 Å². The number of ether oxygens (including phenoxy) is 1. The van der Waals surface area contributed by atoms with Crippen molar-refractivity contribution in [2.75, 3.05) is 19.0 Å². The van der Waals surface area contributed by atoms with E-state index in [1.54, 1.807) is 0 Å². The number of hydrogen-bond donors (Lipinski definition) is 2. The lowest BCUT2D eigenvalue weighted by Crippen LogP contribution is -2.11. The van der Waals surface area contributed by atoms with Gasteiger partial charge >= 0.3 is 6.09 Å². The summed E-state index contributed by atoms with van der Waals surface area (Å²) >= 11 is 0. The summed E-state index contributed by atoms with van der Waals surface area (Å²) in [6, 6.07) is 7.66. The molecule has 0 aliphatic heterocycles. The van der Waals surface area contributed by atoms with Crippen LogP contribution in [0, 0.1) is 0 Å². The Balaban J connectivity index is 2.61. The fourth-order valence-electron chi connectivity index (χ4n) is 1.28. The van der Waals surface area contributed by atoms with Gasteiger partial charge in [-0.3, -0.25) is 5.32 Å². The van der Waals surface area contributed by atoms with Gasteiger partial charge in [0.1, 0.15) is 0 Å². The maximum Gasteiger partial charge on any atom is 0.411 e. The van der Waals surface area contributed by atoms with Crippen LogP contribution >= 0.6 is 0 Å². The average molecular weight is 208 g/mol. The molecule has 0 aliphatic carbocycles. The number of nitrogens with two attached hydrogens (primary N) is 1. The molecule has 0 spiro atoms. The summed E-state index contributed by atoms with van der Waals surface area (Å²) in [6.07, 6.45) is 1.42. The van der Waals surface area contributed by atoms with Crippen molar-refractivity contribution in [3.63, 3.8) is 0 Å². The van der Waals surface area contributed by atoms with E-state index in [2.05, 4.69) is 10.1 Å². The van der Waals surface area contributed by atoms with Gasteiger partial charge < -0.3 is 10.5 Å². The van der Waals surface area contributed by atoms with E-state index >= 15 is 0 Å². The minimum absolute atomic E-state index is 0.453. The number of benzene rings is 1. The number of rotatable bonds is 4. The summed E-state index contributed by atoms with van der Waals surface area (Å²) in [4.78, 5) is 11.0. The van der Waals surface area contributed by atoms with Crippen molar-refractivity contribution < 1.29 is 9.53 Å². The van der Waals surface area contributed by atoms with Crippen LogP contribution in [-0.2, 0) is 11.2 Å². The van der Waals surface area contributed by atoms with Gasteiger partial charge in [-0.2, -0.15) is 0 Å². The van der Waals surface area contributed by atoms with E-state index < -0.39 is 6.09 Å². The quantitative estimate of drug-likeness (QED) is 0.792. The Morgan fingerprint density at radius 2 is 2.33 bits per heavy atom. The average Bonchev–Trinajstić information content (AvgIpc) is 2.26. The van der Waals surface area contributed by atoms with Crippen molar-refractivity contribution in [2.45, 2.75) is 12.8 Å². The van der Waals surface area contributed by atoms with E-state index in [1.165, 1.54) is 7.11 Å². The van der Waals surface area contributed by atoms with E-state index in [0.717, 1.165) is 24.1 Å². The van der Waals surface area contributed by atoms with Gasteiger partial charge in [-0.25, -0.2) is 4.79 Å². The van der Waals surface area contributed by atoms with Crippen molar-refractivity contribution in [3.05, 3.63) is 29.8 Å². The smallest absolute Gasteiger partial charge is 0.411 e. The van der Waals surface area contributed by atoms with Crippen molar-refractivity contribution >= 4 is 11.8 Å². The molecule has 0 radical (unpaired) electrons. The van der Waals surface area contributed by atoms with Gasteiger partial charge in [0.25, 0.3) is 0 Å². The molecule has 1 aromatic carbocycles. The molecule has 0 saturated carbocycles. The van der Waals surface area contributed by atoms with Crippen LogP contribution in [0.4, 0.5) is 10.5 Å². The van der Waals surface area contributed by atoms with Crippen molar-refractivity contribution in [2.24, 2.45) is 5.73 Å². The first-order valence-corrected chi connectivity index (χ1v) is 4.90. The highest BCUT2D eigenvalue weighted by Crippen LogP contribution is 2.12. The van der Waals surface area contributed by atoms with Gasteiger partial charge in [0.05, 0.1) is 7.11 Å². The predicted molar refractivity (Wildman–Crippen MR) is 59.8 cm³/mol. The number of nitrogens with one attached hydrogen (secondary N) is 1. The van der Waals surface area contributed by atoms with Crippen molar-refractivity contribution in [1.29, 1.82) is 0 Å². The van der Waals surface area contributed by atoms with E-state index in [-0.39, 0.29) is 0 Å². The molecular weight excluding hydrogens is 192 g/mol. The maximum atomic E-state index is 11.0. The number of aryl methyl sites for hydroxylation is 1. The van der Waals surface area contributed by atoms with E-state index in [9.17, 15) is 4.79 Å². The highest BCUT2D eigenvalue weighted by Gasteiger charge is 2.00. The van der Waals surface area contributed by atoms with Crippen LogP contribution in [0.1, 0.15) is 12.0 Å². The second-order valence-corrected chi connectivity index (χ2v) is 3.21. The lowest BCUT2D eigenvalue weighted by molar-refractivity contribution is 0.187. The maximum absolute atomic E-state index is 11.0. The van der Waals surface area contributed by atoms with Crippen molar-refractivity contribution in [3.8, 4) is 0 Å². The molecule has 0 unspecified atom stereocenters. The fourth-order valence-corrected chi connectivity index (χ4v) is 1.28. The monoisotopic (exact) mass is 208 g/mol. The number of anilines is 1. The summed E-state index contributed by atoms with van der Waals surface area (Å²) < 4.78 is 4.51. The minimum Gasteiger partial charge on any atom is -0.453 e. The van der Waals surface area contributed by atoms with Gasteiger partial charge in [-0.1, -0.05) is 12.1 Å². The highest BCUT2D eigenvalue weighted by atomic mass is 16.5. The lowest BCUT2D eigenvalue weighted by atomic mass is 10.1. The van der Waals surface area contributed by atoms with Gasteiger partial charge in [-0.15, -0.1) is 0 Å². The third-order valence-electron chi connectivity index (χ3n) is 2.03. The molecule has 0 aromatic heterocycles. The Morgan fingerprint density at radius 3 is 3.00 bits per heavy atom. The topological polar surface area (TPSA) is 64.3 Å². The largest absolute Gasteiger partial charge is 0.453 e. The molecule has 1 rings (SSSR count). The molecule has 0 heterocycles. The summed E-state index contributed by atoms with van der Waals surface area (Å²) in [5, 5.41) is 2.62. The first-order valence-electron chi connectivity index (χ1n) is 4.90. The van der Waals surface area contributed by atoms with E-state index in [1.807, 2.05) is 24.3 Å². The fraction of sp³-hybridized carbons (Fsp3) is 0.364. The first-order chi connectivity index (χ1) is 7.26. The zero-order chi connectivity index (χ0) is 11.1. The number of hydrogen-bond acceptors (Lipinski definition) is 3. The van der Waals surface area contributed by atoms with E-state index in [0.29, 0.717) is 6.54 Å². The van der Waals surface area contributed by atoms with Gasteiger partial charge in [0.2, 0.25) is 0 Å². The molecule has 4 nitrogen and oxygen atoms in total. The Bertz CT molecular complexity index is 326. The molecule has 3 N–H and O–H groups in total. The molecule has 0 fully saturated rings. The summed E-state index contributed by atoms with van der Waals surface area (Å²) in [5.41, 5.74) is 7.34. The Morgan fingerprint density at radius 1 is 1.53 bits per heavy atom. The SMILES string of the molecule is COC(=O)Nc1cccc(CCCN)c1. The van der Waals surface area contributed by atoms with Gasteiger partial charge in [-0.05, 0) is 37.1 Å². The second-order valence-electron chi connectivity index (χ2n) is 3.21. The molecule has 0 aliphatic rings. The van der Waals surface area contributed by atoms with Crippen LogP contribution in [0.3, 0.4) is 0 Å². The number of carbonyl (C=O) groups is 1. The number of carbonyl (C=O) groups excluding carboxylic acids is 1. The van der Waals surface area contributed by atoms with E-state index in [4.69, 9.17) is 5.73 Å². The molecule has 0 atom stereocenters. The molecule has 0 bridgehead atoms. The summed E-state index contributed by atoms with van der Waals surface area (Å²) in [7, 11) is 1.34. The van der Waals surface area contributed by atoms with Gasteiger partial charge in [0.15, 0.2) is 0 Å². The Kier molecular flexibility index (Phi) is 4.63. The molecule has 15 heavy (non-hydrogen) atoms. The third kappa shape index (κ3) is 3.99. The standard InChI is InChI=1S/C11H16N2O2/c1-15-11(14)13-10-6-2-4-9(8-10)5-3-7-12/h2,4,6,8H,3,5,7,12H2,1H3,(H,13,14). The van der Waals surface area contributed by atoms with Gasteiger partial charge in [0, 0.05) is 5.69 Å².